The Balaban J connectivity index is 1.85. The van der Waals surface area contributed by atoms with Gasteiger partial charge in [0.15, 0.2) is 0 Å². The van der Waals surface area contributed by atoms with Crippen LogP contribution in [0, 0.1) is 20.8 Å². The van der Waals surface area contributed by atoms with Crippen molar-refractivity contribution in [3.8, 4) is 22.6 Å². The SMILES string of the molecule is CCNC(=O)c1cc2c(-c3cc(C)cc(Oc4c(C)cc(Cl)cc4C)c3)cn(C)c(=O)c2[nH]1. The molecule has 7 heteroatoms. The summed E-state index contributed by atoms with van der Waals surface area (Å²) in [4.78, 5) is 28.1. The summed E-state index contributed by atoms with van der Waals surface area (Å²) in [6.07, 6.45) is 1.79. The van der Waals surface area contributed by atoms with Crippen molar-refractivity contribution in [3.05, 3.63) is 80.4 Å². The fourth-order valence-electron chi connectivity index (χ4n) is 4.08. The molecule has 0 aliphatic rings. The minimum absolute atomic E-state index is 0.194. The second kappa shape index (κ2) is 8.79. The molecule has 0 aliphatic carbocycles. The van der Waals surface area contributed by atoms with Crippen molar-refractivity contribution in [2.45, 2.75) is 27.7 Å². The molecular weight excluding hydrogens is 438 g/mol. The Hall–Kier alpha value is -3.51. The summed E-state index contributed by atoms with van der Waals surface area (Å²) in [5, 5.41) is 4.13. The number of nitrogens with zero attached hydrogens (tertiary/aromatic N) is 1. The number of fused-ring (bicyclic) bond motifs is 1. The quantitative estimate of drug-likeness (QED) is 0.401. The summed E-state index contributed by atoms with van der Waals surface area (Å²) in [6.45, 7) is 8.27. The first-order valence-electron chi connectivity index (χ1n) is 10.7. The molecule has 0 bridgehead atoms. The highest BCUT2D eigenvalue weighted by Crippen LogP contribution is 2.35. The molecule has 0 atom stereocenters. The van der Waals surface area contributed by atoms with Gasteiger partial charge in [0.05, 0.1) is 0 Å². The molecule has 2 heterocycles. The minimum atomic E-state index is -0.247. The van der Waals surface area contributed by atoms with Crippen LogP contribution in [-0.2, 0) is 7.05 Å². The largest absolute Gasteiger partial charge is 0.457 e. The number of carbonyl (C=O) groups is 1. The molecule has 2 aromatic heterocycles. The Kier molecular flexibility index (Phi) is 6.04. The van der Waals surface area contributed by atoms with Crippen LogP contribution in [0.4, 0.5) is 0 Å². The van der Waals surface area contributed by atoms with Crippen molar-refractivity contribution in [2.75, 3.05) is 6.54 Å². The van der Waals surface area contributed by atoms with Crippen molar-refractivity contribution >= 4 is 28.4 Å². The molecule has 0 saturated carbocycles. The van der Waals surface area contributed by atoms with Crippen LogP contribution in [0.5, 0.6) is 11.5 Å². The van der Waals surface area contributed by atoms with Gasteiger partial charge in [0.1, 0.15) is 22.7 Å². The number of pyridine rings is 1. The maximum Gasteiger partial charge on any atom is 0.274 e. The molecule has 4 rings (SSSR count). The van der Waals surface area contributed by atoms with E-state index in [0.717, 1.165) is 33.6 Å². The van der Waals surface area contributed by atoms with Crippen LogP contribution in [0.15, 0.2) is 47.4 Å². The van der Waals surface area contributed by atoms with Gasteiger partial charge in [-0.3, -0.25) is 9.59 Å². The van der Waals surface area contributed by atoms with E-state index in [4.69, 9.17) is 16.3 Å². The third-order valence-electron chi connectivity index (χ3n) is 5.55. The van der Waals surface area contributed by atoms with Crippen LogP contribution in [-0.4, -0.2) is 22.0 Å². The van der Waals surface area contributed by atoms with Crippen molar-refractivity contribution in [3.63, 3.8) is 0 Å². The Morgan fingerprint density at radius 3 is 2.45 bits per heavy atom. The maximum atomic E-state index is 12.7. The molecule has 6 nitrogen and oxygen atoms in total. The molecule has 0 spiro atoms. The lowest BCUT2D eigenvalue weighted by molar-refractivity contribution is 0.0951. The van der Waals surface area contributed by atoms with Gasteiger partial charge in [-0.2, -0.15) is 0 Å². The van der Waals surface area contributed by atoms with E-state index in [0.29, 0.717) is 33.9 Å². The number of carbonyl (C=O) groups excluding carboxylic acids is 1. The summed E-state index contributed by atoms with van der Waals surface area (Å²) < 4.78 is 7.80. The summed E-state index contributed by atoms with van der Waals surface area (Å²) >= 11 is 6.17. The lowest BCUT2D eigenvalue weighted by Crippen LogP contribution is -2.23. The lowest BCUT2D eigenvalue weighted by Gasteiger charge is -2.15. The number of H-pyrrole nitrogens is 1. The number of aromatic amines is 1. The van der Waals surface area contributed by atoms with E-state index in [9.17, 15) is 9.59 Å². The van der Waals surface area contributed by atoms with Gasteiger partial charge in [-0.05, 0) is 80.3 Å². The summed E-state index contributed by atoms with van der Waals surface area (Å²) in [5.74, 6) is 1.20. The average Bonchev–Trinajstić information content (AvgIpc) is 3.19. The topological polar surface area (TPSA) is 76.1 Å². The van der Waals surface area contributed by atoms with Crippen molar-refractivity contribution in [1.29, 1.82) is 0 Å². The summed E-state index contributed by atoms with van der Waals surface area (Å²) in [7, 11) is 1.70. The molecule has 0 unspecified atom stereocenters. The van der Waals surface area contributed by atoms with Gasteiger partial charge in [0.2, 0.25) is 0 Å². The second-order valence-corrected chi connectivity index (χ2v) is 8.73. The van der Waals surface area contributed by atoms with Gasteiger partial charge >= 0.3 is 0 Å². The van der Waals surface area contributed by atoms with E-state index in [2.05, 4.69) is 10.3 Å². The van der Waals surface area contributed by atoms with Gasteiger partial charge in [-0.1, -0.05) is 17.7 Å². The van der Waals surface area contributed by atoms with E-state index in [1.54, 1.807) is 19.3 Å². The number of hydrogen-bond donors (Lipinski definition) is 2. The fourth-order valence-corrected chi connectivity index (χ4v) is 4.41. The first-order chi connectivity index (χ1) is 15.7. The number of amides is 1. The first-order valence-corrected chi connectivity index (χ1v) is 11.1. The highest BCUT2D eigenvalue weighted by molar-refractivity contribution is 6.30. The van der Waals surface area contributed by atoms with Gasteiger partial charge in [-0.25, -0.2) is 0 Å². The number of hydrogen-bond acceptors (Lipinski definition) is 3. The van der Waals surface area contributed by atoms with Crippen LogP contribution in [0.2, 0.25) is 5.02 Å². The Morgan fingerprint density at radius 2 is 1.79 bits per heavy atom. The standard InChI is InChI=1S/C26H26ClN3O3/c1-6-28-25(31)22-12-20-21(13-30(5)26(32)23(20)29-22)17-7-14(2)8-19(11-17)33-24-15(3)9-18(27)10-16(24)4/h7-13,29H,6H2,1-5H3,(H,28,31). The van der Waals surface area contributed by atoms with Gasteiger partial charge < -0.3 is 19.6 Å². The Labute approximate surface area is 197 Å². The van der Waals surface area contributed by atoms with E-state index in [1.165, 1.54) is 4.57 Å². The second-order valence-electron chi connectivity index (χ2n) is 8.30. The number of aryl methyl sites for hydroxylation is 4. The van der Waals surface area contributed by atoms with Crippen LogP contribution >= 0.6 is 11.6 Å². The van der Waals surface area contributed by atoms with E-state index >= 15 is 0 Å². The van der Waals surface area contributed by atoms with E-state index in [1.807, 2.05) is 58.0 Å². The molecule has 33 heavy (non-hydrogen) atoms. The number of ether oxygens (including phenoxy) is 1. The van der Waals surface area contributed by atoms with E-state index in [-0.39, 0.29) is 11.5 Å². The predicted octanol–water partition coefficient (Wildman–Crippen LogP) is 5.65. The fraction of sp³-hybridized carbons (Fsp3) is 0.231. The number of rotatable bonds is 5. The highest BCUT2D eigenvalue weighted by atomic mass is 35.5. The van der Waals surface area contributed by atoms with Gasteiger partial charge in [0, 0.05) is 35.8 Å². The summed E-state index contributed by atoms with van der Waals surface area (Å²) in [6, 6.07) is 11.4. The zero-order valence-electron chi connectivity index (χ0n) is 19.3. The average molecular weight is 464 g/mol. The van der Waals surface area contributed by atoms with Gasteiger partial charge in [0.25, 0.3) is 11.5 Å². The number of halogens is 1. The van der Waals surface area contributed by atoms with Crippen LogP contribution in [0.3, 0.4) is 0 Å². The zero-order chi connectivity index (χ0) is 23.9. The summed E-state index contributed by atoms with van der Waals surface area (Å²) in [5.41, 5.74) is 5.18. The van der Waals surface area contributed by atoms with Crippen LogP contribution < -0.4 is 15.6 Å². The third-order valence-corrected chi connectivity index (χ3v) is 5.77. The van der Waals surface area contributed by atoms with Crippen LogP contribution in [0.25, 0.3) is 22.0 Å². The number of nitrogens with one attached hydrogen (secondary N) is 2. The zero-order valence-corrected chi connectivity index (χ0v) is 20.1. The smallest absolute Gasteiger partial charge is 0.274 e. The highest BCUT2D eigenvalue weighted by Gasteiger charge is 2.17. The molecule has 1 amide bonds. The molecule has 4 aromatic rings. The van der Waals surface area contributed by atoms with Crippen molar-refractivity contribution < 1.29 is 9.53 Å². The van der Waals surface area contributed by atoms with Crippen molar-refractivity contribution in [2.24, 2.45) is 7.05 Å². The molecule has 0 radical (unpaired) electrons. The minimum Gasteiger partial charge on any atom is -0.457 e. The normalized spacial score (nSPS) is 11.1. The number of aromatic nitrogens is 2. The van der Waals surface area contributed by atoms with E-state index < -0.39 is 0 Å². The molecule has 2 aromatic carbocycles. The predicted molar refractivity (Wildman–Crippen MR) is 133 cm³/mol. The molecule has 170 valence electrons. The monoisotopic (exact) mass is 463 g/mol. The third kappa shape index (κ3) is 4.39. The molecule has 0 fully saturated rings. The van der Waals surface area contributed by atoms with Crippen molar-refractivity contribution in [1.82, 2.24) is 14.9 Å². The number of benzene rings is 2. The van der Waals surface area contributed by atoms with Crippen LogP contribution in [0.1, 0.15) is 34.1 Å². The molecule has 2 N–H and O–H groups in total. The maximum absolute atomic E-state index is 12.7. The first kappa shape index (κ1) is 22.7. The molecule has 0 saturated heterocycles. The molecule has 0 aliphatic heterocycles. The lowest BCUT2D eigenvalue weighted by atomic mass is 10.0. The Bertz CT molecular complexity index is 1430. The molecular formula is C26H26ClN3O3. The Morgan fingerprint density at radius 1 is 1.09 bits per heavy atom. The van der Waals surface area contributed by atoms with Gasteiger partial charge in [-0.15, -0.1) is 0 Å².